The zero-order chi connectivity index (χ0) is 22.0. The van der Waals surface area contributed by atoms with Gasteiger partial charge in [0.25, 0.3) is 0 Å². The molecule has 0 amide bonds. The maximum atomic E-state index is 13.3. The van der Waals surface area contributed by atoms with Crippen molar-refractivity contribution in [2.24, 2.45) is 16.7 Å². The van der Waals surface area contributed by atoms with E-state index in [4.69, 9.17) is 0 Å². The fourth-order valence-corrected chi connectivity index (χ4v) is 12.7. The van der Waals surface area contributed by atoms with E-state index in [1.807, 2.05) is 0 Å². The second-order valence-corrected chi connectivity index (χ2v) is 15.3. The third-order valence-corrected chi connectivity index (χ3v) is 14.7. The van der Waals surface area contributed by atoms with Gasteiger partial charge in [-0.25, -0.2) is 0 Å². The first-order chi connectivity index (χ1) is 13.1. The van der Waals surface area contributed by atoms with Gasteiger partial charge >= 0.3 is 0 Å². The second kappa shape index (κ2) is 6.62. The normalized spacial score (nSPS) is 26.9. The molecule has 2 atom stereocenters. The molecule has 0 N–H and O–H groups in total. The summed E-state index contributed by atoms with van der Waals surface area (Å²) in [5.41, 5.74) is -1.18. The van der Waals surface area contributed by atoms with Crippen molar-refractivity contribution in [3.05, 3.63) is 33.7 Å². The molecule has 162 valence electrons. The molecule has 10 heteroatoms. The van der Waals surface area contributed by atoms with Crippen molar-refractivity contribution < 1.29 is 30.0 Å². The van der Waals surface area contributed by atoms with Crippen LogP contribution in [0.5, 0.6) is 0 Å². The summed E-state index contributed by atoms with van der Waals surface area (Å²) in [6, 6.07) is 5.28. The standard InChI is InChI=1S/C19H25O7S3/c1-13-5-7-15(8-6-13)29(25,26)17(27(4,21)22)28(23,24)12-19-10-9-14(11-16(19)20)18(19,2)3/h5-8,14H,9-12H2,1-4H3/q-1. The van der Waals surface area contributed by atoms with Crippen LogP contribution in [0.15, 0.2) is 29.2 Å². The van der Waals surface area contributed by atoms with Gasteiger partial charge in [0.15, 0.2) is 0 Å². The molecule has 2 aliphatic carbocycles. The Morgan fingerprint density at radius 3 is 2.00 bits per heavy atom. The van der Waals surface area contributed by atoms with Gasteiger partial charge in [0.1, 0.15) is 5.78 Å². The van der Waals surface area contributed by atoms with Crippen molar-refractivity contribution in [1.29, 1.82) is 0 Å². The van der Waals surface area contributed by atoms with Gasteiger partial charge in [0.05, 0.1) is 29.5 Å². The molecule has 3 rings (SSSR count). The molecule has 29 heavy (non-hydrogen) atoms. The zero-order valence-corrected chi connectivity index (χ0v) is 19.2. The number of ketones is 1. The van der Waals surface area contributed by atoms with Crippen LogP contribution < -0.4 is 0 Å². The van der Waals surface area contributed by atoms with Crippen LogP contribution in [0.2, 0.25) is 0 Å². The van der Waals surface area contributed by atoms with Gasteiger partial charge in [-0.15, -0.1) is 0 Å². The van der Waals surface area contributed by atoms with E-state index < -0.39 is 54.9 Å². The van der Waals surface area contributed by atoms with Gasteiger partial charge in [0, 0.05) is 32.7 Å². The Balaban J connectivity index is 2.13. The summed E-state index contributed by atoms with van der Waals surface area (Å²) < 4.78 is 76.0. The molecule has 2 bridgehead atoms. The van der Waals surface area contributed by atoms with Crippen LogP contribution in [0.3, 0.4) is 0 Å². The molecule has 1 aromatic carbocycles. The summed E-state index contributed by atoms with van der Waals surface area (Å²) >= 11 is 0. The van der Waals surface area contributed by atoms with E-state index in [0.717, 1.165) is 5.56 Å². The van der Waals surface area contributed by atoms with Gasteiger partial charge in [-0.1, -0.05) is 31.5 Å². The number of rotatable bonds is 6. The van der Waals surface area contributed by atoms with Crippen molar-refractivity contribution in [2.75, 3.05) is 12.0 Å². The molecule has 2 saturated carbocycles. The van der Waals surface area contributed by atoms with E-state index in [1.165, 1.54) is 24.3 Å². The fourth-order valence-electron chi connectivity index (χ4n) is 4.90. The van der Waals surface area contributed by atoms with Crippen LogP contribution in [-0.4, -0.2) is 43.0 Å². The van der Waals surface area contributed by atoms with E-state index in [0.29, 0.717) is 19.1 Å². The molecular formula is C19H25O7S3-. The van der Waals surface area contributed by atoms with Crippen LogP contribution in [0.1, 0.15) is 38.7 Å². The monoisotopic (exact) mass is 461 g/mol. The fraction of sp³-hybridized carbons (Fsp3) is 0.579. The highest BCUT2D eigenvalue weighted by Crippen LogP contribution is 2.64. The van der Waals surface area contributed by atoms with E-state index in [9.17, 15) is 30.0 Å². The number of carbonyl (C=O) groups is 1. The summed E-state index contributed by atoms with van der Waals surface area (Å²) in [7, 11) is -14.3. The summed E-state index contributed by atoms with van der Waals surface area (Å²) in [5.74, 6) is -1.03. The van der Waals surface area contributed by atoms with E-state index in [-0.39, 0.29) is 18.1 Å². The molecule has 2 aliphatic rings. The summed E-state index contributed by atoms with van der Waals surface area (Å²) in [6.07, 6.45) is 1.78. The van der Waals surface area contributed by atoms with Crippen LogP contribution in [0.25, 0.3) is 0 Å². The average molecular weight is 462 g/mol. The Kier molecular flexibility index (Phi) is 5.12. The van der Waals surface area contributed by atoms with E-state index >= 15 is 0 Å². The molecule has 0 radical (unpaired) electrons. The third-order valence-electron chi connectivity index (χ3n) is 6.68. The molecule has 0 heterocycles. The molecule has 0 saturated heterocycles. The number of fused-ring (bicyclic) bond motifs is 2. The first-order valence-corrected chi connectivity index (χ1v) is 14.2. The van der Waals surface area contributed by atoms with E-state index in [1.54, 1.807) is 20.8 Å². The van der Waals surface area contributed by atoms with Gasteiger partial charge in [-0.05, 0) is 43.2 Å². The number of carbonyl (C=O) groups excluding carboxylic acids is 1. The molecule has 1 aromatic rings. The lowest BCUT2D eigenvalue weighted by Gasteiger charge is -2.39. The molecule has 2 unspecified atom stereocenters. The van der Waals surface area contributed by atoms with Crippen molar-refractivity contribution in [2.45, 2.75) is 44.9 Å². The smallest absolute Gasteiger partial charge is 0.140 e. The quantitative estimate of drug-likeness (QED) is 0.595. The highest BCUT2D eigenvalue weighted by atomic mass is 32.3. The number of Topliss-reactive ketones (excluding diaryl/α,β-unsaturated/α-hetero) is 1. The maximum absolute atomic E-state index is 13.3. The molecule has 2 fully saturated rings. The first kappa shape index (κ1) is 22.4. The highest BCUT2D eigenvalue weighted by molar-refractivity contribution is 8.28. The van der Waals surface area contributed by atoms with Crippen LogP contribution in [0.4, 0.5) is 0 Å². The lowest BCUT2D eigenvalue weighted by atomic mass is 9.70. The van der Waals surface area contributed by atoms with Gasteiger partial charge < -0.3 is 0 Å². The topological polar surface area (TPSA) is 119 Å². The lowest BCUT2D eigenvalue weighted by Crippen LogP contribution is -2.45. The number of sulfone groups is 3. The van der Waals surface area contributed by atoms with Crippen molar-refractivity contribution in [3.63, 3.8) is 0 Å². The minimum absolute atomic E-state index is 0.0144. The molecule has 0 aliphatic heterocycles. The van der Waals surface area contributed by atoms with Crippen molar-refractivity contribution in [3.8, 4) is 0 Å². The Labute approximate surface area is 172 Å². The van der Waals surface area contributed by atoms with E-state index in [2.05, 4.69) is 0 Å². The SMILES string of the molecule is Cc1ccc(S(=O)(=O)[C-](S(C)(=O)=O)S(=O)(=O)CC23CCC(CC2=O)C3(C)C)cc1. The largest absolute Gasteiger partial charge is 0.299 e. The number of hydrogen-bond acceptors (Lipinski definition) is 7. The first-order valence-electron chi connectivity index (χ1n) is 9.20. The van der Waals surface area contributed by atoms with Gasteiger partial charge in [-0.3, -0.25) is 30.0 Å². The Bertz CT molecular complexity index is 1160. The molecule has 0 spiro atoms. The molecule has 7 nitrogen and oxygen atoms in total. The summed E-state index contributed by atoms with van der Waals surface area (Å²) in [6.45, 7) is 5.33. The van der Waals surface area contributed by atoms with Crippen LogP contribution in [-0.2, 0) is 34.3 Å². The predicted molar refractivity (Wildman–Crippen MR) is 109 cm³/mol. The zero-order valence-electron chi connectivity index (χ0n) is 16.8. The van der Waals surface area contributed by atoms with Crippen LogP contribution >= 0.6 is 0 Å². The molecular weight excluding hydrogens is 436 g/mol. The Morgan fingerprint density at radius 2 is 1.59 bits per heavy atom. The summed E-state index contributed by atoms with van der Waals surface area (Å²) in [5, 5.41) is 0. The van der Waals surface area contributed by atoms with Crippen molar-refractivity contribution in [1.82, 2.24) is 0 Å². The Morgan fingerprint density at radius 1 is 1.03 bits per heavy atom. The van der Waals surface area contributed by atoms with Crippen LogP contribution in [0, 0.1) is 27.6 Å². The molecule has 0 aromatic heterocycles. The Hall–Kier alpha value is -1.26. The van der Waals surface area contributed by atoms with Crippen molar-refractivity contribution >= 4 is 35.3 Å². The number of benzene rings is 1. The third kappa shape index (κ3) is 3.37. The summed E-state index contributed by atoms with van der Waals surface area (Å²) in [4.78, 5) is 12.3. The lowest BCUT2D eigenvalue weighted by molar-refractivity contribution is -0.128. The van der Waals surface area contributed by atoms with Gasteiger partial charge in [0.2, 0.25) is 0 Å². The average Bonchev–Trinajstić information content (AvgIpc) is 2.86. The predicted octanol–water partition coefficient (Wildman–Crippen LogP) is 2.07. The highest BCUT2D eigenvalue weighted by Gasteiger charge is 2.65. The van der Waals surface area contributed by atoms with Gasteiger partial charge in [-0.2, -0.15) is 0 Å². The second-order valence-electron chi connectivity index (χ2n) is 8.76. The maximum Gasteiger partial charge on any atom is 0.140 e. The minimum atomic E-state index is -4.82. The number of hydrogen-bond donors (Lipinski definition) is 0. The number of aryl methyl sites for hydroxylation is 1. The minimum Gasteiger partial charge on any atom is -0.299 e.